The minimum Gasteiger partial charge on any atom is -0.464 e. The number of hydrogen-bond donors (Lipinski definition) is 1. The van der Waals surface area contributed by atoms with E-state index in [-0.39, 0.29) is 12.1 Å². The maximum Gasteiger partial charge on any atom is 0.196 e. The zero-order valence-electron chi connectivity index (χ0n) is 31.5. The van der Waals surface area contributed by atoms with Gasteiger partial charge in [0, 0.05) is 44.3 Å². The average Bonchev–Trinajstić information content (AvgIpc) is 3.94. The number of nitrogens with zero attached hydrogens (tertiary/aromatic N) is 1. The van der Waals surface area contributed by atoms with Crippen LogP contribution in [0, 0.1) is 11.8 Å². The second-order valence-corrected chi connectivity index (χ2v) is 15.8. The predicted octanol–water partition coefficient (Wildman–Crippen LogP) is 13.6. The molecular weight excluding hydrogens is 697 g/mol. The molecule has 12 rings (SSSR count). The van der Waals surface area contributed by atoms with Crippen molar-refractivity contribution < 1.29 is 9.15 Å². The van der Waals surface area contributed by atoms with Gasteiger partial charge in [0.15, 0.2) is 6.23 Å². The summed E-state index contributed by atoms with van der Waals surface area (Å²) in [5.74, 6) is 2.45. The lowest BCUT2D eigenvalue weighted by molar-refractivity contribution is 0.257. The van der Waals surface area contributed by atoms with Gasteiger partial charge in [0.2, 0.25) is 0 Å². The van der Waals surface area contributed by atoms with Crippen molar-refractivity contribution in [2.45, 2.75) is 26.0 Å². The largest absolute Gasteiger partial charge is 0.464 e. The summed E-state index contributed by atoms with van der Waals surface area (Å²) in [4.78, 5) is 5.39. The fourth-order valence-electron chi connectivity index (χ4n) is 9.60. The van der Waals surface area contributed by atoms with Crippen LogP contribution in [0.4, 0.5) is 5.69 Å². The van der Waals surface area contributed by atoms with Crippen molar-refractivity contribution >= 4 is 66.5 Å². The van der Waals surface area contributed by atoms with E-state index in [2.05, 4.69) is 176 Å². The van der Waals surface area contributed by atoms with Crippen molar-refractivity contribution in [3.05, 3.63) is 191 Å². The summed E-state index contributed by atoms with van der Waals surface area (Å²) in [6.45, 7) is 2.30. The van der Waals surface area contributed by atoms with Crippen molar-refractivity contribution in [2.24, 2.45) is 16.8 Å². The van der Waals surface area contributed by atoms with Crippen LogP contribution in [-0.4, -0.2) is 5.71 Å². The van der Waals surface area contributed by atoms with E-state index in [9.17, 15) is 0 Å². The summed E-state index contributed by atoms with van der Waals surface area (Å²) in [7, 11) is 0. The Morgan fingerprint density at radius 2 is 1.35 bits per heavy atom. The van der Waals surface area contributed by atoms with E-state index in [4.69, 9.17) is 14.1 Å². The van der Waals surface area contributed by atoms with Gasteiger partial charge in [0.25, 0.3) is 0 Å². The third-order valence-electron chi connectivity index (χ3n) is 12.5. The number of furan rings is 1. The molecule has 0 amide bonds. The van der Waals surface area contributed by atoms with Crippen LogP contribution in [0.3, 0.4) is 0 Å². The van der Waals surface area contributed by atoms with E-state index >= 15 is 0 Å². The van der Waals surface area contributed by atoms with Crippen molar-refractivity contribution in [1.29, 1.82) is 0 Å². The quantitative estimate of drug-likeness (QED) is 0.183. The van der Waals surface area contributed by atoms with Crippen LogP contribution in [0.2, 0.25) is 0 Å². The standard InChI is InChI=1S/C53H38N2O2/c1-31-11-10-20-42-45(31)29-47(32-21-23-33(24-22-32)48-30-46-40-16-3-2-12-36(40)38-14-5-8-18-43(38)51(46)56-48)54-49(42)34-25-27-35(28-26-34)53-55-50-41-17-7-4-13-37(41)39-15-6-9-19-44(39)52(50)57-53/h2-8,10-18,20-31,45,53,55H,9,19H2,1H3. The van der Waals surface area contributed by atoms with Gasteiger partial charge >= 0.3 is 0 Å². The van der Waals surface area contributed by atoms with Crippen LogP contribution in [-0.2, 0) is 6.42 Å². The maximum absolute atomic E-state index is 6.74. The summed E-state index contributed by atoms with van der Waals surface area (Å²) in [6, 6.07) is 45.5. The number of rotatable bonds is 4. The molecule has 1 N–H and O–H groups in total. The fraction of sp³-hybridized carbons (Fsp3) is 0.113. The first-order valence-corrected chi connectivity index (χ1v) is 20.1. The van der Waals surface area contributed by atoms with Gasteiger partial charge in [-0.3, -0.25) is 0 Å². The molecule has 4 nitrogen and oxygen atoms in total. The highest BCUT2D eigenvalue weighted by Gasteiger charge is 2.32. The van der Waals surface area contributed by atoms with Gasteiger partial charge in [0.1, 0.15) is 17.1 Å². The van der Waals surface area contributed by atoms with E-state index in [0.717, 1.165) is 80.1 Å². The molecule has 57 heavy (non-hydrogen) atoms. The molecule has 0 spiro atoms. The Hall–Kier alpha value is -6.91. The molecule has 0 bridgehead atoms. The molecule has 4 heteroatoms. The Bertz CT molecular complexity index is 3060. The van der Waals surface area contributed by atoms with E-state index < -0.39 is 0 Å². The van der Waals surface area contributed by atoms with Crippen LogP contribution in [0.5, 0.6) is 5.75 Å². The number of aliphatic imine (C=N–C) groups is 1. The SMILES string of the molecule is CC1C=CC=C2C(c3ccc(C4Nc5c(c6c(c7ccccc57)C=CCC6)O4)cc3)=NC(c3ccc(-c4cc5c6ccccc6c6ccccc6c5o4)cc3)=CC21. The number of anilines is 1. The van der Waals surface area contributed by atoms with Crippen molar-refractivity contribution in [3.8, 4) is 17.1 Å². The number of fused-ring (bicyclic) bond motifs is 13. The Morgan fingerprint density at radius 3 is 2.14 bits per heavy atom. The Morgan fingerprint density at radius 1 is 0.684 bits per heavy atom. The van der Waals surface area contributed by atoms with Crippen molar-refractivity contribution in [2.75, 3.05) is 5.32 Å². The zero-order valence-corrected chi connectivity index (χ0v) is 31.5. The van der Waals surface area contributed by atoms with Crippen LogP contribution >= 0.6 is 0 Å². The molecule has 1 aromatic heterocycles. The summed E-state index contributed by atoms with van der Waals surface area (Å²) in [6.07, 6.45) is 15.4. The molecule has 272 valence electrons. The summed E-state index contributed by atoms with van der Waals surface area (Å²) in [5.41, 5.74) is 12.2. The first-order chi connectivity index (χ1) is 28.2. The predicted molar refractivity (Wildman–Crippen MR) is 236 cm³/mol. The molecule has 0 saturated heterocycles. The van der Waals surface area contributed by atoms with Gasteiger partial charge in [0.05, 0.1) is 17.1 Å². The molecule has 8 aromatic rings. The van der Waals surface area contributed by atoms with Crippen molar-refractivity contribution in [3.63, 3.8) is 0 Å². The van der Waals surface area contributed by atoms with E-state index in [1.54, 1.807) is 0 Å². The molecular formula is C53H38N2O2. The van der Waals surface area contributed by atoms with Crippen LogP contribution in [0.15, 0.2) is 173 Å². The first kappa shape index (κ1) is 32.3. The van der Waals surface area contributed by atoms with Gasteiger partial charge in [-0.1, -0.05) is 159 Å². The molecule has 7 aromatic carbocycles. The Kier molecular flexibility index (Phi) is 7.12. The summed E-state index contributed by atoms with van der Waals surface area (Å²) >= 11 is 0. The number of benzene rings is 7. The highest BCUT2D eigenvalue weighted by atomic mass is 16.5. The molecule has 3 atom stereocenters. The Labute approximate surface area is 330 Å². The topological polar surface area (TPSA) is 46.8 Å². The summed E-state index contributed by atoms with van der Waals surface area (Å²) < 4.78 is 13.4. The lowest BCUT2D eigenvalue weighted by Gasteiger charge is -2.30. The molecule has 2 aliphatic heterocycles. The molecule has 0 radical (unpaired) electrons. The number of nitrogens with one attached hydrogen (secondary N) is 1. The molecule has 4 aliphatic rings. The van der Waals surface area contributed by atoms with E-state index in [1.807, 2.05) is 0 Å². The molecule has 3 unspecified atom stereocenters. The van der Waals surface area contributed by atoms with Crippen LogP contribution in [0.25, 0.3) is 66.4 Å². The normalized spacial score (nSPS) is 19.5. The number of allylic oxidation sites excluding steroid dienone is 6. The smallest absolute Gasteiger partial charge is 0.196 e. The highest BCUT2D eigenvalue weighted by Crippen LogP contribution is 2.49. The molecule has 0 fully saturated rings. The third kappa shape index (κ3) is 5.03. The number of ether oxygens (including phenoxy) is 1. The lowest BCUT2D eigenvalue weighted by Crippen LogP contribution is -2.23. The third-order valence-corrected chi connectivity index (χ3v) is 12.5. The Balaban J connectivity index is 0.874. The lowest BCUT2D eigenvalue weighted by atomic mass is 9.77. The number of hydrogen-bond acceptors (Lipinski definition) is 4. The van der Waals surface area contributed by atoms with Crippen LogP contribution < -0.4 is 10.1 Å². The highest BCUT2D eigenvalue weighted by molar-refractivity contribution is 6.24. The maximum atomic E-state index is 6.74. The fourth-order valence-corrected chi connectivity index (χ4v) is 9.60. The van der Waals surface area contributed by atoms with E-state index in [0.29, 0.717) is 5.92 Å². The van der Waals surface area contributed by atoms with Crippen LogP contribution in [0.1, 0.15) is 47.4 Å². The minimum atomic E-state index is -0.258. The van der Waals surface area contributed by atoms with Gasteiger partial charge in [-0.2, -0.15) is 0 Å². The molecule has 3 heterocycles. The monoisotopic (exact) mass is 734 g/mol. The summed E-state index contributed by atoms with van der Waals surface area (Å²) in [5, 5.41) is 12.2. The van der Waals surface area contributed by atoms with Gasteiger partial charge in [-0.05, 0) is 69.1 Å². The molecule has 2 aliphatic carbocycles. The second-order valence-electron chi connectivity index (χ2n) is 15.8. The van der Waals surface area contributed by atoms with E-state index in [1.165, 1.54) is 43.6 Å². The first-order valence-electron chi connectivity index (χ1n) is 20.1. The van der Waals surface area contributed by atoms with Gasteiger partial charge < -0.3 is 14.5 Å². The van der Waals surface area contributed by atoms with Crippen molar-refractivity contribution in [1.82, 2.24) is 0 Å². The van der Waals surface area contributed by atoms with Gasteiger partial charge in [-0.15, -0.1) is 0 Å². The average molecular weight is 735 g/mol. The molecule has 0 saturated carbocycles. The zero-order chi connectivity index (χ0) is 37.6. The van der Waals surface area contributed by atoms with Gasteiger partial charge in [-0.25, -0.2) is 4.99 Å². The minimum absolute atomic E-state index is 0.233. The second kappa shape index (κ2) is 12.6.